The number of carbonyl (C=O) groups is 5. The zero-order valence-electron chi connectivity index (χ0n) is 20.6. The lowest BCUT2D eigenvalue weighted by molar-refractivity contribution is -0.157. The Balaban J connectivity index is 1.55. The number of nitrogens with one attached hydrogen (secondary N) is 1. The normalized spacial score (nSPS) is 18.7. The van der Waals surface area contributed by atoms with Gasteiger partial charge in [0.2, 0.25) is 17.5 Å². The summed E-state index contributed by atoms with van der Waals surface area (Å²) in [5.41, 5.74) is -0.0745. The van der Waals surface area contributed by atoms with E-state index in [4.69, 9.17) is 4.74 Å². The lowest BCUT2D eigenvalue weighted by Crippen LogP contribution is -2.70. The summed E-state index contributed by atoms with van der Waals surface area (Å²) in [5.74, 6) is -2.03. The van der Waals surface area contributed by atoms with E-state index in [1.54, 1.807) is 62.4 Å². The number of nitrogens with zero attached hydrogens (tertiary/aromatic N) is 2. The van der Waals surface area contributed by atoms with E-state index in [9.17, 15) is 24.0 Å². The molecule has 1 saturated heterocycles. The maximum atomic E-state index is 13.6. The van der Waals surface area contributed by atoms with Crippen molar-refractivity contribution < 1.29 is 28.7 Å². The predicted octanol–water partition coefficient (Wildman–Crippen LogP) is 3.54. The van der Waals surface area contributed by atoms with Gasteiger partial charge in [0.05, 0.1) is 11.3 Å². The fourth-order valence-electron chi connectivity index (χ4n) is 4.89. The largest absolute Gasteiger partial charge is 0.454 e. The maximum absolute atomic E-state index is 13.6. The van der Waals surface area contributed by atoms with Crippen molar-refractivity contribution in [2.75, 3.05) is 16.8 Å². The third kappa shape index (κ3) is 4.25. The van der Waals surface area contributed by atoms with Gasteiger partial charge in [-0.05, 0) is 56.7 Å². The van der Waals surface area contributed by atoms with Crippen LogP contribution in [0, 0.1) is 0 Å². The van der Waals surface area contributed by atoms with Crippen molar-refractivity contribution in [3.8, 4) is 0 Å². The molecule has 1 N–H and O–H groups in total. The van der Waals surface area contributed by atoms with E-state index in [0.29, 0.717) is 28.9 Å². The molecule has 188 valence electrons. The second-order valence-electron chi connectivity index (χ2n) is 9.21. The molecule has 2 aliphatic heterocycles. The fraction of sp³-hybridized carbons (Fsp3) is 0.370. The molecule has 2 heterocycles. The number of ether oxygens (including phenoxy) is 1. The molecule has 0 spiro atoms. The first-order chi connectivity index (χ1) is 17.2. The molecule has 2 aliphatic rings. The van der Waals surface area contributed by atoms with Crippen LogP contribution in [0.15, 0.2) is 48.5 Å². The Morgan fingerprint density at radius 3 is 2.42 bits per heavy atom. The maximum Gasteiger partial charge on any atom is 0.354 e. The topological polar surface area (TPSA) is 113 Å². The Hall–Kier alpha value is -4.01. The van der Waals surface area contributed by atoms with Crippen LogP contribution in [0.5, 0.6) is 0 Å². The van der Waals surface area contributed by atoms with Crippen molar-refractivity contribution in [2.24, 2.45) is 0 Å². The molecule has 9 nitrogen and oxygen atoms in total. The first-order valence-corrected chi connectivity index (χ1v) is 12.1. The van der Waals surface area contributed by atoms with Gasteiger partial charge < -0.3 is 15.0 Å². The number of para-hydroxylation sites is 1. The molecule has 3 amide bonds. The van der Waals surface area contributed by atoms with Crippen LogP contribution in [0.3, 0.4) is 0 Å². The lowest BCUT2D eigenvalue weighted by Gasteiger charge is -2.50. The highest BCUT2D eigenvalue weighted by Gasteiger charge is 2.62. The minimum absolute atomic E-state index is 0.0685. The van der Waals surface area contributed by atoms with Gasteiger partial charge in [-0.1, -0.05) is 19.1 Å². The van der Waals surface area contributed by atoms with E-state index in [1.807, 2.05) is 6.92 Å². The van der Waals surface area contributed by atoms with E-state index in [2.05, 4.69) is 5.32 Å². The third-order valence-corrected chi connectivity index (χ3v) is 6.44. The van der Waals surface area contributed by atoms with E-state index in [0.717, 1.165) is 6.42 Å². The standard InChI is InChI=1S/C27H29N3O6/c1-4-7-23(32)28-19-12-10-18(11-13-19)22(31)16-36-26(35)27-15-14-24(33)30(27)21-9-6-5-8-20(21)25(34)29(27)17(2)3/h5-6,8-13,17H,4,7,14-16H2,1-3H3,(H,28,32). The molecule has 36 heavy (non-hydrogen) atoms. The second-order valence-corrected chi connectivity index (χ2v) is 9.21. The number of hydrogen-bond donors (Lipinski definition) is 1. The molecule has 0 radical (unpaired) electrons. The van der Waals surface area contributed by atoms with Crippen LogP contribution in [0.2, 0.25) is 0 Å². The molecule has 0 aromatic heterocycles. The van der Waals surface area contributed by atoms with E-state index < -0.39 is 30.1 Å². The molecule has 1 fully saturated rings. The van der Waals surface area contributed by atoms with E-state index in [-0.39, 0.29) is 30.6 Å². The highest BCUT2D eigenvalue weighted by Crippen LogP contribution is 2.45. The van der Waals surface area contributed by atoms with Crippen molar-refractivity contribution in [3.63, 3.8) is 0 Å². The zero-order valence-corrected chi connectivity index (χ0v) is 20.6. The Kier molecular flexibility index (Phi) is 6.92. The monoisotopic (exact) mass is 491 g/mol. The molecule has 1 atom stereocenters. The molecular formula is C27H29N3O6. The number of benzene rings is 2. The van der Waals surface area contributed by atoms with Gasteiger partial charge in [-0.25, -0.2) is 4.79 Å². The summed E-state index contributed by atoms with van der Waals surface area (Å²) in [7, 11) is 0. The average Bonchev–Trinajstić information content (AvgIpc) is 3.20. The number of Topliss-reactive ketones (excluding diaryl/α,β-unsaturated/α-hetero) is 1. The number of rotatable bonds is 8. The fourth-order valence-corrected chi connectivity index (χ4v) is 4.89. The minimum Gasteiger partial charge on any atom is -0.454 e. The van der Waals surface area contributed by atoms with Gasteiger partial charge in [-0.3, -0.25) is 24.1 Å². The van der Waals surface area contributed by atoms with Crippen molar-refractivity contribution >= 4 is 40.8 Å². The number of amides is 3. The highest BCUT2D eigenvalue weighted by molar-refractivity contribution is 6.16. The second kappa shape index (κ2) is 9.93. The van der Waals surface area contributed by atoms with Crippen LogP contribution in [0.25, 0.3) is 0 Å². The van der Waals surface area contributed by atoms with Crippen molar-refractivity contribution in [1.29, 1.82) is 0 Å². The van der Waals surface area contributed by atoms with Crippen LogP contribution >= 0.6 is 0 Å². The lowest BCUT2D eigenvalue weighted by atomic mass is 9.95. The van der Waals surface area contributed by atoms with Gasteiger partial charge in [-0.2, -0.15) is 0 Å². The summed E-state index contributed by atoms with van der Waals surface area (Å²) in [5, 5.41) is 2.75. The SMILES string of the molecule is CCCC(=O)Nc1ccc(C(=O)COC(=O)C23CCC(=O)N2c2ccccc2C(=O)N3C(C)C)cc1. The van der Waals surface area contributed by atoms with Gasteiger partial charge in [0.1, 0.15) is 0 Å². The summed E-state index contributed by atoms with van der Waals surface area (Å²) in [4.78, 5) is 67.2. The smallest absolute Gasteiger partial charge is 0.354 e. The van der Waals surface area contributed by atoms with Crippen molar-refractivity contribution in [3.05, 3.63) is 59.7 Å². The average molecular weight is 492 g/mol. The molecule has 1 unspecified atom stereocenters. The quantitative estimate of drug-likeness (QED) is 0.446. The van der Waals surface area contributed by atoms with Gasteiger partial charge in [0.15, 0.2) is 12.4 Å². The summed E-state index contributed by atoms with van der Waals surface area (Å²) in [6.45, 7) is 4.90. The summed E-state index contributed by atoms with van der Waals surface area (Å²) >= 11 is 0. The molecule has 0 bridgehead atoms. The molecule has 2 aromatic rings. The number of carbonyl (C=O) groups excluding carboxylic acids is 5. The minimum atomic E-state index is -1.65. The molecule has 0 aliphatic carbocycles. The molecular weight excluding hydrogens is 462 g/mol. The number of ketones is 1. The van der Waals surface area contributed by atoms with Crippen LogP contribution in [-0.4, -0.2) is 52.7 Å². The predicted molar refractivity (Wildman–Crippen MR) is 132 cm³/mol. The van der Waals surface area contributed by atoms with Crippen molar-refractivity contribution in [1.82, 2.24) is 4.90 Å². The zero-order chi connectivity index (χ0) is 26.0. The summed E-state index contributed by atoms with van der Waals surface area (Å²) in [6, 6.07) is 12.6. The molecule has 4 rings (SSSR count). The molecule has 9 heteroatoms. The number of fused-ring (bicyclic) bond motifs is 3. The number of esters is 1. The van der Waals surface area contributed by atoms with Gasteiger partial charge in [0.25, 0.3) is 5.91 Å². The molecule has 0 saturated carbocycles. The van der Waals surface area contributed by atoms with Gasteiger partial charge in [-0.15, -0.1) is 0 Å². The Morgan fingerprint density at radius 1 is 1.06 bits per heavy atom. The Morgan fingerprint density at radius 2 is 1.75 bits per heavy atom. The van der Waals surface area contributed by atoms with Crippen LogP contribution < -0.4 is 10.2 Å². The van der Waals surface area contributed by atoms with E-state index in [1.165, 1.54) is 9.80 Å². The first kappa shape index (κ1) is 25.1. The highest BCUT2D eigenvalue weighted by atomic mass is 16.5. The summed E-state index contributed by atoms with van der Waals surface area (Å²) < 4.78 is 5.48. The number of hydrogen-bond acceptors (Lipinski definition) is 6. The third-order valence-electron chi connectivity index (χ3n) is 6.44. The van der Waals surface area contributed by atoms with Crippen LogP contribution in [0.1, 0.15) is 67.2 Å². The van der Waals surface area contributed by atoms with Gasteiger partial charge in [0, 0.05) is 36.6 Å². The van der Waals surface area contributed by atoms with Gasteiger partial charge >= 0.3 is 5.97 Å². The van der Waals surface area contributed by atoms with E-state index >= 15 is 0 Å². The Bertz CT molecular complexity index is 1220. The molecule has 2 aromatic carbocycles. The van der Waals surface area contributed by atoms with Crippen molar-refractivity contribution in [2.45, 2.75) is 58.2 Å². The van der Waals surface area contributed by atoms with Crippen LogP contribution in [0.4, 0.5) is 11.4 Å². The number of anilines is 2. The first-order valence-electron chi connectivity index (χ1n) is 12.1. The van der Waals surface area contributed by atoms with Crippen LogP contribution in [-0.2, 0) is 19.1 Å². The summed E-state index contributed by atoms with van der Waals surface area (Å²) in [6.07, 6.45) is 1.27. The Labute approximate surface area is 209 Å².